The molecule has 0 bridgehead atoms. The maximum absolute atomic E-state index is 4.00. The van der Waals surface area contributed by atoms with E-state index in [1.54, 1.807) is 0 Å². The second kappa shape index (κ2) is 3.92. The molecule has 0 aromatic carbocycles. The van der Waals surface area contributed by atoms with Crippen LogP contribution in [0.25, 0.3) is 0 Å². The minimum atomic E-state index is 0.698. The Bertz CT molecular complexity index is 239. The summed E-state index contributed by atoms with van der Waals surface area (Å²) in [5.74, 6) is 0.947. The summed E-state index contributed by atoms with van der Waals surface area (Å²) >= 11 is 0. The summed E-state index contributed by atoms with van der Waals surface area (Å²) in [6.45, 7) is 4.36. The van der Waals surface area contributed by atoms with E-state index in [4.69, 9.17) is 0 Å². The van der Waals surface area contributed by atoms with Crippen LogP contribution in [0.3, 0.4) is 0 Å². The van der Waals surface area contributed by atoms with Crippen LogP contribution in [0, 0.1) is 5.92 Å². The predicted octanol–water partition coefficient (Wildman–Crippen LogP) is 1.27. The minimum absolute atomic E-state index is 0.698. The molecular formula is C10H17N3. The van der Waals surface area contributed by atoms with Crippen molar-refractivity contribution in [2.75, 3.05) is 6.54 Å². The molecule has 0 aliphatic heterocycles. The van der Waals surface area contributed by atoms with Crippen LogP contribution in [0.1, 0.15) is 19.8 Å². The third kappa shape index (κ3) is 2.56. The molecule has 2 rings (SSSR count). The molecular weight excluding hydrogens is 162 g/mol. The average Bonchev–Trinajstić information content (AvgIpc) is 2.86. The molecule has 0 spiro atoms. The van der Waals surface area contributed by atoms with Gasteiger partial charge in [0.05, 0.1) is 6.33 Å². The molecule has 0 radical (unpaired) electrons. The van der Waals surface area contributed by atoms with Gasteiger partial charge in [0.2, 0.25) is 0 Å². The van der Waals surface area contributed by atoms with Gasteiger partial charge in [-0.15, -0.1) is 0 Å². The van der Waals surface area contributed by atoms with Gasteiger partial charge >= 0.3 is 0 Å². The highest BCUT2D eigenvalue weighted by atomic mass is 15.0. The number of aromatic nitrogens is 2. The molecule has 1 atom stereocenters. The Morgan fingerprint density at radius 3 is 3.08 bits per heavy atom. The maximum Gasteiger partial charge on any atom is 0.0946 e. The SMILES string of the molecule is CC(NCCn1ccnc1)C1CC1. The zero-order chi connectivity index (χ0) is 9.10. The number of rotatable bonds is 5. The van der Waals surface area contributed by atoms with E-state index >= 15 is 0 Å². The number of imidazole rings is 1. The molecule has 1 aromatic heterocycles. The molecule has 1 fully saturated rings. The summed E-state index contributed by atoms with van der Waals surface area (Å²) in [6, 6.07) is 0.698. The van der Waals surface area contributed by atoms with E-state index in [2.05, 4.69) is 21.8 Å². The number of nitrogens with one attached hydrogen (secondary N) is 1. The van der Waals surface area contributed by atoms with Crippen molar-refractivity contribution in [2.24, 2.45) is 5.92 Å². The van der Waals surface area contributed by atoms with Crippen LogP contribution < -0.4 is 5.32 Å². The van der Waals surface area contributed by atoms with Gasteiger partial charge in [0, 0.05) is 31.5 Å². The van der Waals surface area contributed by atoms with Crippen LogP contribution in [0.15, 0.2) is 18.7 Å². The van der Waals surface area contributed by atoms with E-state index in [9.17, 15) is 0 Å². The summed E-state index contributed by atoms with van der Waals surface area (Å²) < 4.78 is 2.10. The molecule has 72 valence electrons. The Morgan fingerprint density at radius 2 is 2.46 bits per heavy atom. The topological polar surface area (TPSA) is 29.9 Å². The van der Waals surface area contributed by atoms with Crippen molar-refractivity contribution < 1.29 is 0 Å². The molecule has 1 saturated carbocycles. The number of hydrogen-bond acceptors (Lipinski definition) is 2. The molecule has 3 nitrogen and oxygen atoms in total. The van der Waals surface area contributed by atoms with Crippen LogP contribution in [0.4, 0.5) is 0 Å². The van der Waals surface area contributed by atoms with Gasteiger partial charge in [0.1, 0.15) is 0 Å². The highest BCUT2D eigenvalue weighted by Gasteiger charge is 2.26. The van der Waals surface area contributed by atoms with Crippen molar-refractivity contribution in [1.82, 2.24) is 14.9 Å². The Labute approximate surface area is 79.2 Å². The quantitative estimate of drug-likeness (QED) is 0.737. The van der Waals surface area contributed by atoms with E-state index in [1.807, 2.05) is 18.7 Å². The van der Waals surface area contributed by atoms with Gasteiger partial charge in [-0.1, -0.05) is 0 Å². The average molecular weight is 179 g/mol. The van der Waals surface area contributed by atoms with Gasteiger partial charge in [-0.25, -0.2) is 4.98 Å². The summed E-state index contributed by atoms with van der Waals surface area (Å²) in [5.41, 5.74) is 0. The largest absolute Gasteiger partial charge is 0.336 e. The van der Waals surface area contributed by atoms with Crippen molar-refractivity contribution in [3.05, 3.63) is 18.7 Å². The zero-order valence-electron chi connectivity index (χ0n) is 8.11. The number of hydrogen-bond donors (Lipinski definition) is 1. The van der Waals surface area contributed by atoms with E-state index in [-0.39, 0.29) is 0 Å². The zero-order valence-corrected chi connectivity index (χ0v) is 8.11. The second-order valence-corrected chi connectivity index (χ2v) is 3.88. The third-order valence-corrected chi connectivity index (χ3v) is 2.72. The minimum Gasteiger partial charge on any atom is -0.336 e. The Hall–Kier alpha value is -0.830. The molecule has 1 unspecified atom stereocenters. The molecule has 1 aliphatic carbocycles. The third-order valence-electron chi connectivity index (χ3n) is 2.72. The van der Waals surface area contributed by atoms with Crippen molar-refractivity contribution >= 4 is 0 Å². The maximum atomic E-state index is 4.00. The van der Waals surface area contributed by atoms with Crippen molar-refractivity contribution in [3.63, 3.8) is 0 Å². The molecule has 3 heteroatoms. The lowest BCUT2D eigenvalue weighted by Gasteiger charge is -2.12. The first-order valence-corrected chi connectivity index (χ1v) is 5.05. The van der Waals surface area contributed by atoms with Gasteiger partial charge < -0.3 is 9.88 Å². The first kappa shape index (κ1) is 8.75. The lowest BCUT2D eigenvalue weighted by molar-refractivity contribution is 0.475. The van der Waals surface area contributed by atoms with Gasteiger partial charge in [-0.05, 0) is 25.7 Å². The lowest BCUT2D eigenvalue weighted by atomic mass is 10.2. The summed E-state index contributed by atoms with van der Waals surface area (Å²) in [5, 5.41) is 3.53. The van der Waals surface area contributed by atoms with Crippen LogP contribution in [-0.2, 0) is 6.54 Å². The van der Waals surface area contributed by atoms with E-state index in [0.29, 0.717) is 6.04 Å². The lowest BCUT2D eigenvalue weighted by Crippen LogP contribution is -2.30. The highest BCUT2D eigenvalue weighted by Crippen LogP contribution is 2.32. The fourth-order valence-corrected chi connectivity index (χ4v) is 1.60. The van der Waals surface area contributed by atoms with Gasteiger partial charge in [0.25, 0.3) is 0 Å². The van der Waals surface area contributed by atoms with Gasteiger partial charge in [-0.3, -0.25) is 0 Å². The first-order valence-electron chi connectivity index (χ1n) is 5.05. The van der Waals surface area contributed by atoms with Crippen molar-refractivity contribution in [3.8, 4) is 0 Å². The summed E-state index contributed by atoms with van der Waals surface area (Å²) in [7, 11) is 0. The van der Waals surface area contributed by atoms with E-state index in [0.717, 1.165) is 19.0 Å². The Kier molecular flexibility index (Phi) is 2.64. The fourth-order valence-electron chi connectivity index (χ4n) is 1.60. The number of nitrogens with zero attached hydrogens (tertiary/aromatic N) is 2. The fraction of sp³-hybridized carbons (Fsp3) is 0.700. The molecule has 0 saturated heterocycles. The second-order valence-electron chi connectivity index (χ2n) is 3.88. The van der Waals surface area contributed by atoms with E-state index in [1.165, 1.54) is 12.8 Å². The van der Waals surface area contributed by atoms with Crippen LogP contribution >= 0.6 is 0 Å². The summed E-state index contributed by atoms with van der Waals surface area (Å²) in [4.78, 5) is 4.00. The molecule has 13 heavy (non-hydrogen) atoms. The smallest absolute Gasteiger partial charge is 0.0946 e. The van der Waals surface area contributed by atoms with Crippen LogP contribution in [0.2, 0.25) is 0 Å². The molecule has 1 aromatic rings. The normalized spacial score (nSPS) is 18.8. The Morgan fingerprint density at radius 1 is 1.62 bits per heavy atom. The molecule has 1 N–H and O–H groups in total. The first-order chi connectivity index (χ1) is 6.36. The molecule has 1 heterocycles. The Balaban J connectivity index is 1.63. The van der Waals surface area contributed by atoms with Crippen molar-refractivity contribution in [2.45, 2.75) is 32.4 Å². The van der Waals surface area contributed by atoms with Crippen LogP contribution in [-0.4, -0.2) is 22.1 Å². The van der Waals surface area contributed by atoms with E-state index < -0.39 is 0 Å². The van der Waals surface area contributed by atoms with Crippen LogP contribution in [0.5, 0.6) is 0 Å². The standard InChI is InChI=1S/C10H17N3/c1-9(10-2-3-10)12-5-7-13-6-4-11-8-13/h4,6,8-10,12H,2-3,5,7H2,1H3. The monoisotopic (exact) mass is 179 g/mol. The van der Waals surface area contributed by atoms with Gasteiger partial charge in [0.15, 0.2) is 0 Å². The highest BCUT2D eigenvalue weighted by molar-refractivity contribution is 4.83. The summed E-state index contributed by atoms with van der Waals surface area (Å²) in [6.07, 6.45) is 8.52. The van der Waals surface area contributed by atoms with Gasteiger partial charge in [-0.2, -0.15) is 0 Å². The molecule has 0 amide bonds. The molecule has 1 aliphatic rings. The predicted molar refractivity (Wildman–Crippen MR) is 52.4 cm³/mol. The van der Waals surface area contributed by atoms with Crippen molar-refractivity contribution in [1.29, 1.82) is 0 Å².